The lowest BCUT2D eigenvalue weighted by Crippen LogP contribution is -2.33. The highest BCUT2D eigenvalue weighted by atomic mass is 35.5. The average molecular weight is 179 g/mol. The highest BCUT2D eigenvalue weighted by molar-refractivity contribution is 6.66. The summed E-state index contributed by atoms with van der Waals surface area (Å²) in [5.74, 6) is 0. The molecular formula is C5H4Cl2N2O. The maximum atomic E-state index is 10.2. The molecule has 1 aliphatic heterocycles. The van der Waals surface area contributed by atoms with Crippen LogP contribution < -0.4 is 0 Å². The van der Waals surface area contributed by atoms with Gasteiger partial charge in [-0.3, -0.25) is 9.69 Å². The van der Waals surface area contributed by atoms with Crippen LogP contribution >= 0.6 is 23.2 Å². The molecule has 1 rings (SSSR count). The van der Waals surface area contributed by atoms with Gasteiger partial charge in [-0.05, 0) is 17.7 Å². The van der Waals surface area contributed by atoms with Crippen LogP contribution in [0.1, 0.15) is 0 Å². The molecule has 0 radical (unpaired) electrons. The summed E-state index contributed by atoms with van der Waals surface area (Å²) in [5.41, 5.74) is -0.512. The predicted octanol–water partition coefficient (Wildman–Crippen LogP) is 1.13. The molecular weight excluding hydrogens is 175 g/mol. The average Bonchev–Trinajstić information content (AvgIpc) is 1.88. The molecule has 0 N–H and O–H groups in total. The number of amides is 1. The molecule has 0 aromatic carbocycles. The van der Waals surface area contributed by atoms with E-state index in [9.17, 15) is 4.79 Å². The van der Waals surface area contributed by atoms with Crippen molar-refractivity contribution in [3.63, 3.8) is 0 Å². The van der Waals surface area contributed by atoms with E-state index in [0.717, 1.165) is 4.90 Å². The minimum Gasteiger partial charge on any atom is -0.278 e. The van der Waals surface area contributed by atoms with Crippen molar-refractivity contribution in [2.45, 2.75) is 5.50 Å². The molecule has 0 saturated heterocycles. The third-order valence-corrected chi connectivity index (χ3v) is 1.67. The van der Waals surface area contributed by atoms with Crippen LogP contribution in [-0.2, 0) is 4.79 Å². The first-order valence-electron chi connectivity index (χ1n) is 2.53. The largest absolute Gasteiger partial charge is 0.278 e. The Hall–Kier alpha value is -0.540. The van der Waals surface area contributed by atoms with Crippen molar-refractivity contribution in [2.24, 2.45) is 4.99 Å². The molecule has 1 atom stereocenters. The minimum atomic E-state index is -0.512. The molecule has 3 nitrogen and oxygen atoms in total. The van der Waals surface area contributed by atoms with Gasteiger partial charge in [-0.25, -0.2) is 4.99 Å². The normalized spacial score (nSPS) is 24.4. The van der Waals surface area contributed by atoms with Gasteiger partial charge in [-0.2, -0.15) is 0 Å². The summed E-state index contributed by atoms with van der Waals surface area (Å²) in [4.78, 5) is 15.0. The molecule has 0 aromatic rings. The summed E-state index contributed by atoms with van der Waals surface area (Å²) in [6.45, 7) is 0. The van der Waals surface area contributed by atoms with Gasteiger partial charge in [0.15, 0.2) is 0 Å². The predicted molar refractivity (Wildman–Crippen MR) is 40.0 cm³/mol. The number of rotatable bonds is 1. The lowest BCUT2D eigenvalue weighted by molar-refractivity contribution is -0.114. The van der Waals surface area contributed by atoms with Gasteiger partial charge in [0, 0.05) is 6.20 Å². The topological polar surface area (TPSA) is 32.7 Å². The lowest BCUT2D eigenvalue weighted by atomic mass is 10.5. The first kappa shape index (κ1) is 7.57. The Bertz CT molecular complexity index is 202. The van der Waals surface area contributed by atoms with Crippen LogP contribution in [-0.4, -0.2) is 22.1 Å². The van der Waals surface area contributed by atoms with Crippen molar-refractivity contribution in [2.75, 3.05) is 0 Å². The van der Waals surface area contributed by atoms with Gasteiger partial charge in [0.2, 0.25) is 11.7 Å². The molecule has 0 saturated carbocycles. The van der Waals surface area contributed by atoms with Gasteiger partial charge in [0.25, 0.3) is 0 Å². The molecule has 0 bridgehead atoms. The number of aliphatic imine (C=N–C) groups is 1. The number of carbonyl (C=O) groups is 1. The molecule has 1 heterocycles. The minimum absolute atomic E-state index is 0.0949. The van der Waals surface area contributed by atoms with Crippen molar-refractivity contribution in [1.82, 2.24) is 4.90 Å². The second kappa shape index (κ2) is 3.03. The fourth-order valence-corrected chi connectivity index (χ4v) is 0.993. The van der Waals surface area contributed by atoms with E-state index in [1.54, 1.807) is 6.08 Å². The van der Waals surface area contributed by atoms with Crippen LogP contribution in [0, 0.1) is 0 Å². The van der Waals surface area contributed by atoms with Crippen LogP contribution in [0.3, 0.4) is 0 Å². The zero-order chi connectivity index (χ0) is 7.56. The first-order chi connectivity index (χ1) is 4.75. The Morgan fingerprint density at radius 3 is 2.90 bits per heavy atom. The monoisotopic (exact) mass is 178 g/mol. The van der Waals surface area contributed by atoms with Crippen LogP contribution in [0.5, 0.6) is 0 Å². The molecule has 1 unspecified atom stereocenters. The van der Waals surface area contributed by atoms with Crippen molar-refractivity contribution in [3.8, 4) is 0 Å². The van der Waals surface area contributed by atoms with Crippen LogP contribution in [0.25, 0.3) is 0 Å². The number of alkyl halides is 1. The zero-order valence-electron chi connectivity index (χ0n) is 4.87. The van der Waals surface area contributed by atoms with Crippen molar-refractivity contribution < 1.29 is 4.79 Å². The fraction of sp³-hybridized carbons (Fsp3) is 0.200. The molecule has 0 fully saturated rings. The van der Waals surface area contributed by atoms with Crippen molar-refractivity contribution >= 4 is 34.9 Å². The molecule has 0 aliphatic carbocycles. The van der Waals surface area contributed by atoms with E-state index in [2.05, 4.69) is 4.99 Å². The maximum Gasteiger partial charge on any atom is 0.217 e. The fourth-order valence-electron chi connectivity index (χ4n) is 0.538. The van der Waals surface area contributed by atoms with E-state index >= 15 is 0 Å². The quantitative estimate of drug-likeness (QED) is 0.337. The number of amidine groups is 1. The summed E-state index contributed by atoms with van der Waals surface area (Å²) >= 11 is 11.1. The molecule has 1 amide bonds. The highest BCUT2D eigenvalue weighted by Gasteiger charge is 2.17. The van der Waals surface area contributed by atoms with Gasteiger partial charge in [-0.15, -0.1) is 0 Å². The Kier molecular flexibility index (Phi) is 2.29. The second-order valence-corrected chi connectivity index (χ2v) is 2.41. The Morgan fingerprint density at radius 1 is 1.80 bits per heavy atom. The number of halogens is 2. The SMILES string of the molecule is O=CN1C(Cl)=NC=CC1Cl. The summed E-state index contributed by atoms with van der Waals surface area (Å²) in [7, 11) is 0. The van der Waals surface area contributed by atoms with Crippen LogP contribution in [0.15, 0.2) is 17.3 Å². The van der Waals surface area contributed by atoms with Gasteiger partial charge >= 0.3 is 0 Å². The van der Waals surface area contributed by atoms with Crippen molar-refractivity contribution in [1.29, 1.82) is 0 Å². The van der Waals surface area contributed by atoms with E-state index in [1.165, 1.54) is 6.20 Å². The molecule has 5 heteroatoms. The smallest absolute Gasteiger partial charge is 0.217 e. The van der Waals surface area contributed by atoms with E-state index in [4.69, 9.17) is 23.2 Å². The number of nitrogens with zero attached hydrogens (tertiary/aromatic N) is 2. The Labute approximate surface area is 67.9 Å². The number of hydrogen-bond donors (Lipinski definition) is 0. The molecule has 0 spiro atoms. The maximum absolute atomic E-state index is 10.2. The Morgan fingerprint density at radius 2 is 2.50 bits per heavy atom. The third-order valence-electron chi connectivity index (χ3n) is 1.02. The van der Waals surface area contributed by atoms with Gasteiger partial charge < -0.3 is 0 Å². The molecule has 1 aliphatic rings. The van der Waals surface area contributed by atoms with Gasteiger partial charge in [-0.1, -0.05) is 11.6 Å². The summed E-state index contributed by atoms with van der Waals surface area (Å²) in [5, 5.41) is 0.0949. The third kappa shape index (κ3) is 1.30. The molecule has 10 heavy (non-hydrogen) atoms. The molecule has 54 valence electrons. The first-order valence-corrected chi connectivity index (χ1v) is 3.35. The summed E-state index contributed by atoms with van der Waals surface area (Å²) < 4.78 is 0. The summed E-state index contributed by atoms with van der Waals surface area (Å²) in [6.07, 6.45) is 3.55. The van der Waals surface area contributed by atoms with Crippen LogP contribution in [0.4, 0.5) is 0 Å². The van der Waals surface area contributed by atoms with Crippen LogP contribution in [0.2, 0.25) is 0 Å². The van der Waals surface area contributed by atoms with E-state index < -0.39 is 5.50 Å². The highest BCUT2D eigenvalue weighted by Crippen LogP contribution is 2.12. The number of carbonyl (C=O) groups excluding carboxylic acids is 1. The summed E-state index contributed by atoms with van der Waals surface area (Å²) in [6, 6.07) is 0. The molecule has 0 aromatic heterocycles. The second-order valence-electron chi connectivity index (χ2n) is 1.62. The lowest BCUT2D eigenvalue weighted by Gasteiger charge is -2.19. The van der Waals surface area contributed by atoms with Gasteiger partial charge in [0.05, 0.1) is 0 Å². The van der Waals surface area contributed by atoms with E-state index in [1.807, 2.05) is 0 Å². The van der Waals surface area contributed by atoms with E-state index in [-0.39, 0.29) is 5.29 Å². The Balaban J connectivity index is 2.80. The van der Waals surface area contributed by atoms with E-state index in [0.29, 0.717) is 6.41 Å². The van der Waals surface area contributed by atoms with Crippen molar-refractivity contribution in [3.05, 3.63) is 12.3 Å². The van der Waals surface area contributed by atoms with Gasteiger partial charge in [0.1, 0.15) is 5.50 Å². The zero-order valence-corrected chi connectivity index (χ0v) is 6.38. The standard InChI is InChI=1S/C5H4Cl2N2O/c6-4-1-2-8-5(7)9(4)3-10/h1-4H. The number of hydrogen-bond acceptors (Lipinski definition) is 2.